The van der Waals surface area contributed by atoms with Gasteiger partial charge in [-0.2, -0.15) is 14.0 Å². The van der Waals surface area contributed by atoms with Crippen molar-refractivity contribution >= 4 is 5.78 Å². The van der Waals surface area contributed by atoms with Crippen LogP contribution in [0.2, 0.25) is 0 Å². The third-order valence-corrected chi connectivity index (χ3v) is 4.14. The molecule has 30 heavy (non-hydrogen) atoms. The van der Waals surface area contributed by atoms with Crippen LogP contribution in [0.25, 0.3) is 0 Å². The zero-order valence-corrected chi connectivity index (χ0v) is 15.9. The Balaban J connectivity index is 2.51. The molecule has 1 heterocycles. The maximum absolute atomic E-state index is 13.7. The van der Waals surface area contributed by atoms with E-state index in [0.29, 0.717) is 0 Å². The molecule has 0 aliphatic heterocycles. The highest BCUT2D eigenvalue weighted by Gasteiger charge is 2.29. The minimum atomic E-state index is -2.39. The van der Waals surface area contributed by atoms with Crippen LogP contribution in [0.4, 0.5) is 22.0 Å². The van der Waals surface area contributed by atoms with Crippen molar-refractivity contribution in [2.75, 3.05) is 6.61 Å². The molecule has 0 radical (unpaired) electrons. The fraction of sp³-hybridized carbons (Fsp3) is 0.316. The van der Waals surface area contributed by atoms with Crippen molar-refractivity contribution in [1.29, 1.82) is 5.26 Å². The molecular weight excluding hydrogens is 415 g/mol. The summed E-state index contributed by atoms with van der Waals surface area (Å²) < 4.78 is 72.3. The summed E-state index contributed by atoms with van der Waals surface area (Å²) >= 11 is 0. The van der Waals surface area contributed by atoms with Gasteiger partial charge in [0.25, 0.3) is 5.56 Å². The van der Waals surface area contributed by atoms with Gasteiger partial charge in [-0.05, 0) is 18.4 Å². The number of nitriles is 1. The number of ketones is 1. The molecule has 11 heteroatoms. The summed E-state index contributed by atoms with van der Waals surface area (Å²) in [5, 5.41) is 19.6. The Labute approximate surface area is 166 Å². The number of carbonyl (C=O) groups is 1. The molecule has 0 aliphatic rings. The molecule has 0 fully saturated rings. The highest BCUT2D eigenvalue weighted by Crippen LogP contribution is 2.30. The van der Waals surface area contributed by atoms with Gasteiger partial charge < -0.3 is 9.84 Å². The van der Waals surface area contributed by atoms with E-state index in [-0.39, 0.29) is 18.0 Å². The normalized spacial score (nSPS) is 10.9. The fourth-order valence-electron chi connectivity index (χ4n) is 2.74. The number of aromatic nitrogens is 1. The molecule has 1 aromatic heterocycles. The molecule has 0 amide bonds. The van der Waals surface area contributed by atoms with Crippen LogP contribution < -0.4 is 10.3 Å². The van der Waals surface area contributed by atoms with E-state index in [4.69, 9.17) is 0 Å². The Hall–Kier alpha value is -3.42. The number of hydrogen-bond acceptors (Lipinski definition) is 5. The second-order valence-corrected chi connectivity index (χ2v) is 6.73. The molecule has 1 aromatic carbocycles. The number of Topliss-reactive ketones (excluding diaryl/α,β-unsaturated/α-hetero) is 1. The Morgan fingerprint density at radius 3 is 2.07 bits per heavy atom. The van der Waals surface area contributed by atoms with Crippen LogP contribution in [0.1, 0.15) is 35.3 Å². The second kappa shape index (κ2) is 8.52. The topological polar surface area (TPSA) is 92.3 Å². The van der Waals surface area contributed by atoms with E-state index >= 15 is 0 Å². The lowest BCUT2D eigenvalue weighted by molar-refractivity contribution is 0.0907. The van der Waals surface area contributed by atoms with Crippen LogP contribution in [-0.2, 0) is 6.54 Å². The quantitative estimate of drug-likeness (QED) is 0.329. The smallest absolute Gasteiger partial charge is 0.271 e. The highest BCUT2D eigenvalue weighted by atomic mass is 19.2. The molecule has 2 rings (SSSR count). The summed E-state index contributed by atoms with van der Waals surface area (Å²) in [4.78, 5) is 24.9. The van der Waals surface area contributed by atoms with Gasteiger partial charge >= 0.3 is 0 Å². The number of halogens is 5. The van der Waals surface area contributed by atoms with Gasteiger partial charge in [-0.15, -0.1) is 0 Å². The zero-order chi connectivity index (χ0) is 22.9. The predicted molar refractivity (Wildman–Crippen MR) is 92.7 cm³/mol. The van der Waals surface area contributed by atoms with Crippen LogP contribution in [0.3, 0.4) is 0 Å². The van der Waals surface area contributed by atoms with E-state index in [1.165, 1.54) is 6.92 Å². The number of nitrogens with zero attached hydrogens (tertiary/aromatic N) is 2. The zero-order valence-electron chi connectivity index (χ0n) is 15.9. The summed E-state index contributed by atoms with van der Waals surface area (Å²) in [6, 6.07) is 1.61. The van der Waals surface area contributed by atoms with E-state index in [1.54, 1.807) is 19.9 Å². The molecule has 0 bridgehead atoms. The van der Waals surface area contributed by atoms with Crippen molar-refractivity contribution in [2.45, 2.75) is 27.3 Å². The maximum atomic E-state index is 13.7. The average Bonchev–Trinajstić information content (AvgIpc) is 2.68. The van der Waals surface area contributed by atoms with E-state index in [2.05, 4.69) is 4.74 Å². The van der Waals surface area contributed by atoms with Gasteiger partial charge in [0.05, 0.1) is 5.56 Å². The van der Waals surface area contributed by atoms with Gasteiger partial charge in [-0.1, -0.05) is 13.8 Å². The lowest BCUT2D eigenvalue weighted by atomic mass is 10.0. The summed E-state index contributed by atoms with van der Waals surface area (Å²) in [7, 11) is 0. The van der Waals surface area contributed by atoms with Crippen molar-refractivity contribution in [2.24, 2.45) is 5.92 Å². The van der Waals surface area contributed by atoms with Gasteiger partial charge in [0.15, 0.2) is 12.4 Å². The standard InChI is InChI=1S/C19H15F5N2O4/c1-7(2)5-26-18(28)9(4-25)8(3)11(19(26)29)10(27)6-30-17-15(23)13(21)12(20)14(22)16(17)24/h7,29H,5-6H2,1-3H3. The number of rotatable bonds is 6. The average molecular weight is 430 g/mol. The van der Waals surface area contributed by atoms with Gasteiger partial charge in [0, 0.05) is 6.54 Å². The van der Waals surface area contributed by atoms with Gasteiger partial charge in [-0.3, -0.25) is 14.2 Å². The number of pyridine rings is 1. The number of hydrogen-bond donors (Lipinski definition) is 1. The largest absolute Gasteiger partial charge is 0.494 e. The van der Waals surface area contributed by atoms with E-state index in [0.717, 1.165) is 4.57 Å². The number of ether oxygens (including phenoxy) is 1. The third-order valence-electron chi connectivity index (χ3n) is 4.14. The summed E-state index contributed by atoms with van der Waals surface area (Å²) in [5.41, 5.74) is -2.06. The summed E-state index contributed by atoms with van der Waals surface area (Å²) in [5.74, 6) is -15.3. The van der Waals surface area contributed by atoms with Crippen molar-refractivity contribution in [3.05, 3.63) is 56.1 Å². The molecule has 0 atom stereocenters. The minimum Gasteiger partial charge on any atom is -0.494 e. The van der Waals surface area contributed by atoms with E-state index in [1.807, 2.05) is 0 Å². The predicted octanol–water partition coefficient (Wildman–Crippen LogP) is 3.35. The highest BCUT2D eigenvalue weighted by molar-refractivity contribution is 6.01. The molecule has 0 aliphatic carbocycles. The first kappa shape index (κ1) is 22.9. The first-order valence-corrected chi connectivity index (χ1v) is 8.47. The van der Waals surface area contributed by atoms with Crippen LogP contribution in [-0.4, -0.2) is 22.1 Å². The van der Waals surface area contributed by atoms with Crippen molar-refractivity contribution in [1.82, 2.24) is 4.57 Å². The Kier molecular flexibility index (Phi) is 6.50. The Bertz CT molecular complexity index is 1110. The molecular formula is C19H15F5N2O4. The monoisotopic (exact) mass is 430 g/mol. The molecule has 6 nitrogen and oxygen atoms in total. The fourth-order valence-corrected chi connectivity index (χ4v) is 2.74. The lowest BCUT2D eigenvalue weighted by Gasteiger charge is -2.17. The SMILES string of the molecule is Cc1c(C(=O)COc2c(F)c(F)c(F)c(F)c2F)c(O)n(CC(C)C)c(=O)c1C#N. The second-order valence-electron chi connectivity index (χ2n) is 6.73. The van der Waals surface area contributed by atoms with Crippen LogP contribution in [0.5, 0.6) is 11.6 Å². The molecule has 0 spiro atoms. The van der Waals surface area contributed by atoms with Crippen LogP contribution in [0, 0.1) is 53.3 Å². The molecule has 0 saturated heterocycles. The van der Waals surface area contributed by atoms with Crippen molar-refractivity contribution in [3.8, 4) is 17.7 Å². The van der Waals surface area contributed by atoms with Crippen molar-refractivity contribution < 1.29 is 36.6 Å². The maximum Gasteiger partial charge on any atom is 0.271 e. The van der Waals surface area contributed by atoms with E-state index < -0.39 is 69.8 Å². The summed E-state index contributed by atoms with van der Waals surface area (Å²) in [6.07, 6.45) is 0. The van der Waals surface area contributed by atoms with Gasteiger partial charge in [0.1, 0.15) is 11.6 Å². The molecule has 2 aromatic rings. The molecule has 160 valence electrons. The number of aromatic hydroxyl groups is 1. The number of carbonyl (C=O) groups excluding carboxylic acids is 1. The van der Waals surface area contributed by atoms with E-state index in [9.17, 15) is 41.9 Å². The van der Waals surface area contributed by atoms with Crippen LogP contribution >= 0.6 is 0 Å². The summed E-state index contributed by atoms with van der Waals surface area (Å²) in [6.45, 7) is 3.29. The number of benzene rings is 1. The lowest BCUT2D eigenvalue weighted by Crippen LogP contribution is -2.29. The third kappa shape index (κ3) is 3.85. The molecule has 1 N–H and O–H groups in total. The van der Waals surface area contributed by atoms with Crippen LogP contribution in [0.15, 0.2) is 4.79 Å². The van der Waals surface area contributed by atoms with Gasteiger partial charge in [0.2, 0.25) is 40.7 Å². The first-order chi connectivity index (χ1) is 13.9. The van der Waals surface area contributed by atoms with Gasteiger partial charge in [-0.25, -0.2) is 13.2 Å². The first-order valence-electron chi connectivity index (χ1n) is 8.47. The Morgan fingerprint density at radius 2 is 1.60 bits per heavy atom. The Morgan fingerprint density at radius 1 is 1.10 bits per heavy atom. The molecule has 0 saturated carbocycles. The van der Waals surface area contributed by atoms with Crippen molar-refractivity contribution in [3.63, 3.8) is 0 Å². The minimum absolute atomic E-state index is 0.0571. The molecule has 0 unspecified atom stereocenters.